The van der Waals surface area contributed by atoms with Gasteiger partial charge in [0.15, 0.2) is 6.10 Å². The van der Waals surface area contributed by atoms with Gasteiger partial charge in [-0.3, -0.25) is 0 Å². The number of benzene rings is 1. The highest BCUT2D eigenvalue weighted by Crippen LogP contribution is 2.12. The van der Waals surface area contributed by atoms with Gasteiger partial charge in [0, 0.05) is 0 Å². The van der Waals surface area contributed by atoms with Crippen LogP contribution in [0, 0.1) is 0 Å². The van der Waals surface area contributed by atoms with Gasteiger partial charge in [0.05, 0.1) is 18.2 Å². The molecule has 1 aromatic carbocycles. The number of carboxylic acid groups (broad SMARTS) is 1. The van der Waals surface area contributed by atoms with Crippen LogP contribution in [-0.4, -0.2) is 36.2 Å². The summed E-state index contributed by atoms with van der Waals surface area (Å²) in [5, 5.41) is 8.63. The molecule has 1 unspecified atom stereocenters. The molecule has 1 N–H and O–H groups in total. The van der Waals surface area contributed by atoms with Crippen molar-refractivity contribution in [1.29, 1.82) is 0 Å². The topological polar surface area (TPSA) is 89.9 Å². The highest BCUT2D eigenvalue weighted by atomic mass is 16.6. The van der Waals surface area contributed by atoms with Gasteiger partial charge in [-0.15, -0.1) is 0 Å². The summed E-state index contributed by atoms with van der Waals surface area (Å²) in [6, 6.07) is 5.86. The fourth-order valence-corrected chi connectivity index (χ4v) is 1.22. The molecular formula is C12H12O6. The third-order valence-corrected chi connectivity index (χ3v) is 2.18. The maximum Gasteiger partial charge on any atom is 0.344 e. The van der Waals surface area contributed by atoms with Gasteiger partial charge in [-0.1, -0.05) is 12.1 Å². The Kier molecular flexibility index (Phi) is 4.42. The molecule has 0 bridgehead atoms. The maximum atomic E-state index is 11.7. The zero-order valence-corrected chi connectivity index (χ0v) is 9.88. The third kappa shape index (κ3) is 3.07. The van der Waals surface area contributed by atoms with E-state index in [1.807, 2.05) is 0 Å². The van der Waals surface area contributed by atoms with Crippen LogP contribution in [0.2, 0.25) is 0 Å². The molecule has 1 atom stereocenters. The number of rotatable bonds is 4. The number of ether oxygens (including phenoxy) is 2. The molecule has 6 heteroatoms. The molecule has 0 aliphatic carbocycles. The minimum absolute atomic E-state index is 0.0301. The number of hydrogen-bond acceptors (Lipinski definition) is 5. The van der Waals surface area contributed by atoms with Crippen LogP contribution >= 0.6 is 0 Å². The van der Waals surface area contributed by atoms with E-state index >= 15 is 0 Å². The molecule has 6 nitrogen and oxygen atoms in total. The lowest BCUT2D eigenvalue weighted by molar-refractivity contribution is -0.146. The van der Waals surface area contributed by atoms with Crippen LogP contribution in [0.5, 0.6) is 0 Å². The molecule has 96 valence electrons. The zero-order valence-electron chi connectivity index (χ0n) is 9.88. The first-order chi connectivity index (χ1) is 8.47. The molecule has 0 saturated carbocycles. The SMILES string of the molecule is COC(=O)c1ccccc1C(=O)OC(C)C(=O)O. The van der Waals surface area contributed by atoms with Gasteiger partial charge >= 0.3 is 17.9 Å². The number of carbonyl (C=O) groups is 3. The van der Waals surface area contributed by atoms with Crippen molar-refractivity contribution in [2.45, 2.75) is 13.0 Å². The van der Waals surface area contributed by atoms with Crippen molar-refractivity contribution in [3.8, 4) is 0 Å². The Morgan fingerprint density at radius 3 is 2.06 bits per heavy atom. The van der Waals surface area contributed by atoms with Crippen molar-refractivity contribution >= 4 is 17.9 Å². The number of methoxy groups -OCH3 is 1. The van der Waals surface area contributed by atoms with Crippen LogP contribution < -0.4 is 0 Å². The highest BCUT2D eigenvalue weighted by Gasteiger charge is 2.22. The first-order valence-corrected chi connectivity index (χ1v) is 5.08. The summed E-state index contributed by atoms with van der Waals surface area (Å²) in [4.78, 5) is 33.7. The Labute approximate surface area is 103 Å². The Balaban J connectivity index is 2.99. The van der Waals surface area contributed by atoms with E-state index in [0.29, 0.717) is 0 Å². The van der Waals surface area contributed by atoms with Gasteiger partial charge in [-0.05, 0) is 19.1 Å². The molecule has 0 heterocycles. The molecule has 1 aromatic rings. The largest absolute Gasteiger partial charge is 0.479 e. The molecule has 0 saturated heterocycles. The standard InChI is InChI=1S/C12H12O6/c1-7(10(13)14)18-12(16)9-6-4-3-5-8(9)11(15)17-2/h3-7H,1-2H3,(H,13,14). The third-order valence-electron chi connectivity index (χ3n) is 2.18. The number of hydrogen-bond donors (Lipinski definition) is 1. The van der Waals surface area contributed by atoms with E-state index in [9.17, 15) is 14.4 Å². The quantitative estimate of drug-likeness (QED) is 0.807. The molecule has 0 radical (unpaired) electrons. The highest BCUT2D eigenvalue weighted by molar-refractivity contribution is 6.03. The van der Waals surface area contributed by atoms with E-state index in [2.05, 4.69) is 9.47 Å². The molecule has 18 heavy (non-hydrogen) atoms. The van der Waals surface area contributed by atoms with E-state index in [1.54, 1.807) is 6.07 Å². The second-order valence-corrected chi connectivity index (χ2v) is 3.42. The summed E-state index contributed by atoms with van der Waals surface area (Å²) in [5.41, 5.74) is 0.0000359. The predicted octanol–water partition coefficient (Wildman–Crippen LogP) is 1.10. The van der Waals surface area contributed by atoms with Gasteiger partial charge in [0.2, 0.25) is 0 Å². The van der Waals surface area contributed by atoms with Gasteiger partial charge < -0.3 is 14.6 Å². The van der Waals surface area contributed by atoms with Crippen LogP contribution in [0.4, 0.5) is 0 Å². The molecule has 0 fully saturated rings. The summed E-state index contributed by atoms with van der Waals surface area (Å²) >= 11 is 0. The fourth-order valence-electron chi connectivity index (χ4n) is 1.22. The summed E-state index contributed by atoms with van der Waals surface area (Å²) < 4.78 is 9.20. The Morgan fingerprint density at radius 2 is 1.61 bits per heavy atom. The maximum absolute atomic E-state index is 11.7. The van der Waals surface area contributed by atoms with E-state index in [0.717, 1.165) is 0 Å². The normalized spacial score (nSPS) is 11.4. The molecule has 0 spiro atoms. The Hall–Kier alpha value is -2.37. The van der Waals surface area contributed by atoms with Crippen LogP contribution in [0.1, 0.15) is 27.6 Å². The smallest absolute Gasteiger partial charge is 0.344 e. The fraction of sp³-hybridized carbons (Fsp3) is 0.250. The molecule has 0 aliphatic heterocycles. The van der Waals surface area contributed by atoms with Crippen molar-refractivity contribution < 1.29 is 29.0 Å². The van der Waals surface area contributed by atoms with Crippen LogP contribution in [0.15, 0.2) is 24.3 Å². The second kappa shape index (κ2) is 5.81. The van der Waals surface area contributed by atoms with Crippen molar-refractivity contribution in [2.24, 2.45) is 0 Å². The van der Waals surface area contributed by atoms with Gasteiger partial charge in [0.25, 0.3) is 0 Å². The van der Waals surface area contributed by atoms with Crippen LogP contribution in [0.3, 0.4) is 0 Å². The van der Waals surface area contributed by atoms with Gasteiger partial charge in [-0.2, -0.15) is 0 Å². The van der Waals surface area contributed by atoms with E-state index < -0.39 is 24.0 Å². The van der Waals surface area contributed by atoms with Crippen molar-refractivity contribution in [3.63, 3.8) is 0 Å². The van der Waals surface area contributed by atoms with Gasteiger partial charge in [-0.25, -0.2) is 14.4 Å². The summed E-state index contributed by atoms with van der Waals surface area (Å²) in [5.74, 6) is -2.84. The summed E-state index contributed by atoms with van der Waals surface area (Å²) in [6.07, 6.45) is -1.29. The lowest BCUT2D eigenvalue weighted by Crippen LogP contribution is -2.24. The number of aliphatic carboxylic acids is 1. The molecule has 1 rings (SSSR count). The molecule has 0 amide bonds. The average molecular weight is 252 g/mol. The number of esters is 2. The Morgan fingerprint density at radius 1 is 1.11 bits per heavy atom. The van der Waals surface area contributed by atoms with E-state index in [1.165, 1.54) is 32.2 Å². The van der Waals surface area contributed by atoms with E-state index in [4.69, 9.17) is 5.11 Å². The molecule has 0 aromatic heterocycles. The minimum atomic E-state index is -1.29. The van der Waals surface area contributed by atoms with Crippen LogP contribution in [-0.2, 0) is 14.3 Å². The average Bonchev–Trinajstić information content (AvgIpc) is 2.37. The van der Waals surface area contributed by atoms with Crippen LogP contribution in [0.25, 0.3) is 0 Å². The summed E-state index contributed by atoms with van der Waals surface area (Å²) in [7, 11) is 1.18. The monoisotopic (exact) mass is 252 g/mol. The van der Waals surface area contributed by atoms with Gasteiger partial charge in [0.1, 0.15) is 0 Å². The van der Waals surface area contributed by atoms with E-state index in [-0.39, 0.29) is 11.1 Å². The second-order valence-electron chi connectivity index (χ2n) is 3.42. The first kappa shape index (κ1) is 13.7. The molecular weight excluding hydrogens is 240 g/mol. The van der Waals surface area contributed by atoms with Crippen molar-refractivity contribution in [2.75, 3.05) is 7.11 Å². The predicted molar refractivity (Wildman–Crippen MR) is 60.3 cm³/mol. The first-order valence-electron chi connectivity index (χ1n) is 5.08. The number of carbonyl (C=O) groups excluding carboxylic acids is 2. The lowest BCUT2D eigenvalue weighted by atomic mass is 10.1. The Bertz CT molecular complexity index is 479. The van der Waals surface area contributed by atoms with Crippen molar-refractivity contribution in [3.05, 3.63) is 35.4 Å². The summed E-state index contributed by atoms with van der Waals surface area (Å²) in [6.45, 7) is 1.22. The number of carboxylic acids is 1. The minimum Gasteiger partial charge on any atom is -0.479 e. The zero-order chi connectivity index (χ0) is 13.7. The van der Waals surface area contributed by atoms with Crippen molar-refractivity contribution in [1.82, 2.24) is 0 Å². The molecule has 0 aliphatic rings. The lowest BCUT2D eigenvalue weighted by Gasteiger charge is -2.10.